The molecule has 1 saturated carbocycles. The summed E-state index contributed by atoms with van der Waals surface area (Å²) in [5.41, 5.74) is 2.55. The maximum atomic E-state index is 6.32. The monoisotopic (exact) mass is 324 g/mol. The summed E-state index contributed by atoms with van der Waals surface area (Å²) in [6, 6.07) is 6.58. The number of aromatic nitrogens is 2. The Hall–Kier alpha value is -0.730. The van der Waals surface area contributed by atoms with Gasteiger partial charge in [-0.3, -0.25) is 0 Å². The number of aryl methyl sites for hydroxylation is 1. The first-order valence-electron chi connectivity index (χ1n) is 7.73. The minimum Gasteiger partial charge on any atom is -0.325 e. The Balaban J connectivity index is 2.04. The predicted octanol–water partition coefficient (Wildman–Crippen LogP) is 5.61. The Morgan fingerprint density at radius 2 is 2.00 bits per heavy atom. The van der Waals surface area contributed by atoms with E-state index in [1.165, 1.54) is 25.7 Å². The smallest absolute Gasteiger partial charge is 0.111 e. The van der Waals surface area contributed by atoms with Crippen molar-refractivity contribution in [2.75, 3.05) is 5.88 Å². The Morgan fingerprint density at radius 1 is 1.29 bits per heavy atom. The van der Waals surface area contributed by atoms with Crippen LogP contribution >= 0.6 is 23.2 Å². The second-order valence-corrected chi connectivity index (χ2v) is 7.63. The van der Waals surface area contributed by atoms with Crippen LogP contribution in [0.3, 0.4) is 0 Å². The summed E-state index contributed by atoms with van der Waals surface area (Å²) in [6.45, 7) is 4.73. The summed E-state index contributed by atoms with van der Waals surface area (Å²) in [6.07, 6.45) is 5.74. The molecular weight excluding hydrogens is 303 g/mol. The molecular formula is C17H22Cl2N2. The van der Waals surface area contributed by atoms with Crippen LogP contribution in [0.1, 0.15) is 51.4 Å². The molecule has 2 nitrogen and oxygen atoms in total. The van der Waals surface area contributed by atoms with Crippen LogP contribution in [0.4, 0.5) is 0 Å². The molecule has 0 bridgehead atoms. The number of para-hydroxylation sites is 1. The average molecular weight is 325 g/mol. The van der Waals surface area contributed by atoms with E-state index in [1.807, 2.05) is 12.1 Å². The highest BCUT2D eigenvalue weighted by Crippen LogP contribution is 2.42. The van der Waals surface area contributed by atoms with Crippen LogP contribution in [0, 0.1) is 5.41 Å². The molecule has 114 valence electrons. The molecule has 1 aromatic heterocycles. The molecule has 0 aliphatic heterocycles. The molecule has 3 rings (SSSR count). The first-order valence-corrected chi connectivity index (χ1v) is 8.64. The lowest BCUT2D eigenvalue weighted by atomic mass is 9.75. The molecule has 1 aliphatic rings. The van der Waals surface area contributed by atoms with Gasteiger partial charge >= 0.3 is 0 Å². The fourth-order valence-electron chi connectivity index (χ4n) is 3.44. The molecule has 0 radical (unpaired) electrons. The number of imidazole rings is 1. The highest BCUT2D eigenvalue weighted by atomic mass is 35.5. The Morgan fingerprint density at radius 3 is 2.67 bits per heavy atom. The molecule has 0 N–H and O–H groups in total. The van der Waals surface area contributed by atoms with Gasteiger partial charge in [0.05, 0.1) is 10.5 Å². The van der Waals surface area contributed by atoms with Crippen molar-refractivity contribution in [3.8, 4) is 0 Å². The molecule has 1 aliphatic carbocycles. The Labute approximate surface area is 136 Å². The van der Waals surface area contributed by atoms with E-state index in [0.29, 0.717) is 17.3 Å². The van der Waals surface area contributed by atoms with E-state index in [0.717, 1.165) is 28.3 Å². The van der Waals surface area contributed by atoms with E-state index in [1.54, 1.807) is 0 Å². The molecule has 2 aromatic rings. The summed E-state index contributed by atoms with van der Waals surface area (Å²) in [7, 11) is 0. The van der Waals surface area contributed by atoms with Crippen LogP contribution in [0.5, 0.6) is 0 Å². The Bertz CT molecular complexity index is 636. The van der Waals surface area contributed by atoms with Crippen LogP contribution in [0.25, 0.3) is 11.0 Å². The third kappa shape index (κ3) is 2.93. The molecule has 0 amide bonds. The fourth-order valence-corrected chi connectivity index (χ4v) is 3.82. The summed E-state index contributed by atoms with van der Waals surface area (Å²) in [4.78, 5) is 4.76. The van der Waals surface area contributed by atoms with Crippen molar-refractivity contribution in [3.63, 3.8) is 0 Å². The van der Waals surface area contributed by atoms with E-state index >= 15 is 0 Å². The van der Waals surface area contributed by atoms with Gasteiger partial charge in [-0.15, -0.1) is 11.6 Å². The number of rotatable bonds is 3. The third-order valence-corrected chi connectivity index (χ3v) is 5.23. The first kappa shape index (κ1) is 15.2. The SMILES string of the molecule is CC1(C)CCC(n2c(CCCl)nc3c(Cl)cccc32)CC1. The standard InChI is InChI=1S/C17H22Cl2N2/c1-17(2)9-6-12(7-10-17)21-14-5-3-4-13(19)16(14)20-15(21)8-11-18/h3-5,12H,6-11H2,1-2H3. The number of alkyl halides is 1. The lowest BCUT2D eigenvalue weighted by Crippen LogP contribution is -2.24. The normalized spacial score (nSPS) is 19.2. The number of halogens is 2. The average Bonchev–Trinajstić information content (AvgIpc) is 2.79. The van der Waals surface area contributed by atoms with Crippen LogP contribution in [-0.2, 0) is 6.42 Å². The van der Waals surface area contributed by atoms with Crippen LogP contribution < -0.4 is 0 Å². The van der Waals surface area contributed by atoms with Gasteiger partial charge < -0.3 is 4.57 Å². The zero-order valence-corrected chi connectivity index (χ0v) is 14.2. The second-order valence-electron chi connectivity index (χ2n) is 6.84. The van der Waals surface area contributed by atoms with Gasteiger partial charge in [-0.05, 0) is 43.2 Å². The summed E-state index contributed by atoms with van der Waals surface area (Å²) < 4.78 is 2.40. The van der Waals surface area contributed by atoms with Crippen LogP contribution in [0.2, 0.25) is 5.02 Å². The molecule has 1 aromatic carbocycles. The van der Waals surface area contributed by atoms with Crippen molar-refractivity contribution in [2.24, 2.45) is 5.41 Å². The molecule has 4 heteroatoms. The molecule has 0 atom stereocenters. The van der Waals surface area contributed by atoms with E-state index in [9.17, 15) is 0 Å². The van der Waals surface area contributed by atoms with Gasteiger partial charge in [0.2, 0.25) is 0 Å². The lowest BCUT2D eigenvalue weighted by molar-refractivity contribution is 0.194. The highest BCUT2D eigenvalue weighted by molar-refractivity contribution is 6.34. The van der Waals surface area contributed by atoms with Gasteiger partial charge in [0.25, 0.3) is 0 Å². The molecule has 21 heavy (non-hydrogen) atoms. The number of benzene rings is 1. The highest BCUT2D eigenvalue weighted by Gasteiger charge is 2.29. The maximum absolute atomic E-state index is 6.32. The molecule has 0 unspecified atom stereocenters. The van der Waals surface area contributed by atoms with Crippen molar-refractivity contribution in [1.82, 2.24) is 9.55 Å². The Kier molecular flexibility index (Phi) is 4.20. The van der Waals surface area contributed by atoms with E-state index in [2.05, 4.69) is 24.5 Å². The zero-order valence-electron chi connectivity index (χ0n) is 12.7. The number of nitrogens with zero attached hydrogens (tertiary/aromatic N) is 2. The quantitative estimate of drug-likeness (QED) is 0.670. The van der Waals surface area contributed by atoms with Crippen molar-refractivity contribution >= 4 is 34.2 Å². The minimum atomic E-state index is 0.469. The number of fused-ring (bicyclic) bond motifs is 1. The first-order chi connectivity index (χ1) is 10.0. The number of hydrogen-bond acceptors (Lipinski definition) is 1. The van der Waals surface area contributed by atoms with Gasteiger partial charge in [0, 0.05) is 18.3 Å². The van der Waals surface area contributed by atoms with Gasteiger partial charge in [-0.1, -0.05) is 31.5 Å². The second kappa shape index (κ2) is 5.81. The molecule has 0 spiro atoms. The minimum absolute atomic E-state index is 0.469. The topological polar surface area (TPSA) is 17.8 Å². The fraction of sp³-hybridized carbons (Fsp3) is 0.588. The molecule has 1 heterocycles. The molecule has 0 saturated heterocycles. The van der Waals surface area contributed by atoms with Crippen LogP contribution in [-0.4, -0.2) is 15.4 Å². The van der Waals surface area contributed by atoms with E-state index in [4.69, 9.17) is 28.2 Å². The van der Waals surface area contributed by atoms with Crippen molar-refractivity contribution in [1.29, 1.82) is 0 Å². The third-order valence-electron chi connectivity index (χ3n) is 4.74. The maximum Gasteiger partial charge on any atom is 0.111 e. The van der Waals surface area contributed by atoms with Gasteiger partial charge in [-0.25, -0.2) is 4.98 Å². The molecule has 1 fully saturated rings. The zero-order chi connectivity index (χ0) is 15.0. The van der Waals surface area contributed by atoms with Crippen LogP contribution in [0.15, 0.2) is 18.2 Å². The number of hydrogen-bond donors (Lipinski definition) is 0. The van der Waals surface area contributed by atoms with E-state index in [-0.39, 0.29) is 0 Å². The van der Waals surface area contributed by atoms with Gasteiger partial charge in [-0.2, -0.15) is 0 Å². The van der Waals surface area contributed by atoms with Gasteiger partial charge in [0.15, 0.2) is 0 Å². The van der Waals surface area contributed by atoms with Crippen molar-refractivity contribution in [3.05, 3.63) is 29.0 Å². The van der Waals surface area contributed by atoms with Crippen molar-refractivity contribution < 1.29 is 0 Å². The summed E-state index contributed by atoms with van der Waals surface area (Å²) in [5, 5.41) is 0.734. The lowest BCUT2D eigenvalue weighted by Gasteiger charge is -2.35. The largest absolute Gasteiger partial charge is 0.325 e. The van der Waals surface area contributed by atoms with Crippen molar-refractivity contribution in [2.45, 2.75) is 52.0 Å². The van der Waals surface area contributed by atoms with Gasteiger partial charge in [0.1, 0.15) is 11.3 Å². The predicted molar refractivity (Wildman–Crippen MR) is 90.5 cm³/mol. The summed E-state index contributed by atoms with van der Waals surface area (Å²) >= 11 is 12.3. The summed E-state index contributed by atoms with van der Waals surface area (Å²) in [5.74, 6) is 1.68. The van der Waals surface area contributed by atoms with E-state index < -0.39 is 0 Å².